The number of aliphatic hydroxyl groups excluding tert-OH is 1. The standard InChI is InChI=1S/C81H75IO20/c82-46-62-66(101-80-72(92-50-56-34-16-4-17-35-56)68(91-49-55-32-14-3-15-33-55)65(90-48-54-30-12-2-13-31-54)63(96-80)51-89-47-53-28-10-1-11-29-53)70(98-76(85)59-40-22-7-23-41-59)73(100-78(87)61-44-26-9-27-45-61)81(95-62)102-67-64(52-93-74(83)57-36-18-5-19-37-57)94-79(88)71(99-77(86)60-42-24-8-25-43-60)69(67)97-75(84)58-38-20-6-21-39-58/h1-45,62-73,79-81,88H,46-52H2/t62-,63-,64-,65+,66+,67-,68+,69+,70+,71-,72-,73-,79-,80-,81+/m1/s1. The van der Waals surface area contributed by atoms with E-state index in [9.17, 15) is 19.5 Å². The molecule has 0 aliphatic carbocycles. The van der Waals surface area contributed by atoms with E-state index in [0.29, 0.717) is 0 Å². The molecule has 0 radical (unpaired) electrons. The summed E-state index contributed by atoms with van der Waals surface area (Å²) in [6.07, 6.45) is -23.2. The quantitative estimate of drug-likeness (QED) is 0.0198. The summed E-state index contributed by atoms with van der Waals surface area (Å²) in [4.78, 5) is 73.0. The highest BCUT2D eigenvalue weighted by Crippen LogP contribution is 2.40. The second-order valence-corrected chi connectivity index (χ2v) is 25.1. The van der Waals surface area contributed by atoms with E-state index in [0.717, 1.165) is 22.3 Å². The molecule has 0 bridgehead atoms. The first-order valence-corrected chi connectivity index (χ1v) is 34.9. The molecule has 3 heterocycles. The number of rotatable bonds is 29. The van der Waals surface area contributed by atoms with Gasteiger partial charge in [-0.3, -0.25) is 0 Å². The third-order valence-electron chi connectivity index (χ3n) is 17.2. The summed E-state index contributed by atoms with van der Waals surface area (Å²) >= 11 is 2.09. The van der Waals surface area contributed by atoms with E-state index < -0.39 is 129 Å². The van der Waals surface area contributed by atoms with E-state index in [1.807, 2.05) is 121 Å². The lowest BCUT2D eigenvalue weighted by Crippen LogP contribution is -2.68. The van der Waals surface area contributed by atoms with Gasteiger partial charge in [-0.25, -0.2) is 24.0 Å². The van der Waals surface area contributed by atoms with Crippen LogP contribution in [0, 0.1) is 0 Å². The normalized spacial score (nSPS) is 24.7. The van der Waals surface area contributed by atoms with Gasteiger partial charge in [0.15, 0.2) is 43.3 Å². The monoisotopic (exact) mass is 1490 g/mol. The number of benzene rings is 9. The Bertz CT molecular complexity index is 4060. The Balaban J connectivity index is 0.982. The second kappa shape index (κ2) is 36.5. The van der Waals surface area contributed by atoms with Crippen molar-refractivity contribution < 1.29 is 95.4 Å². The van der Waals surface area contributed by atoms with Crippen molar-refractivity contribution in [3.05, 3.63) is 323 Å². The molecule has 21 heteroatoms. The number of carbonyl (C=O) groups excluding carboxylic acids is 5. The molecule has 0 aromatic heterocycles. The third-order valence-corrected chi connectivity index (χ3v) is 18.0. The average molecular weight is 1500 g/mol. The van der Waals surface area contributed by atoms with Gasteiger partial charge in [-0.1, -0.05) is 235 Å². The van der Waals surface area contributed by atoms with E-state index in [2.05, 4.69) is 22.6 Å². The highest BCUT2D eigenvalue weighted by molar-refractivity contribution is 14.1. The van der Waals surface area contributed by atoms with Crippen LogP contribution in [0.4, 0.5) is 0 Å². The van der Waals surface area contributed by atoms with Gasteiger partial charge in [-0.2, -0.15) is 0 Å². The van der Waals surface area contributed by atoms with Crippen LogP contribution in [0.3, 0.4) is 0 Å². The van der Waals surface area contributed by atoms with Crippen molar-refractivity contribution in [2.24, 2.45) is 0 Å². The van der Waals surface area contributed by atoms with Crippen LogP contribution in [0.5, 0.6) is 0 Å². The molecule has 3 aliphatic heterocycles. The van der Waals surface area contributed by atoms with Crippen molar-refractivity contribution in [2.75, 3.05) is 17.6 Å². The lowest BCUT2D eigenvalue weighted by atomic mass is 9.95. The van der Waals surface area contributed by atoms with E-state index in [1.54, 1.807) is 103 Å². The fourth-order valence-corrected chi connectivity index (χ4v) is 12.7. The third kappa shape index (κ3) is 19.2. The van der Waals surface area contributed by atoms with Crippen LogP contribution in [-0.4, -0.2) is 145 Å². The molecule has 3 saturated heterocycles. The summed E-state index contributed by atoms with van der Waals surface area (Å²) in [6.45, 7) is -0.381. The number of alkyl halides is 1. The molecule has 3 fully saturated rings. The molecule has 0 spiro atoms. The van der Waals surface area contributed by atoms with Gasteiger partial charge in [-0.15, -0.1) is 0 Å². The number of aliphatic hydroxyl groups is 1. The molecule has 0 saturated carbocycles. The molecule has 1 N–H and O–H groups in total. The van der Waals surface area contributed by atoms with E-state index in [4.69, 9.17) is 66.3 Å². The first-order valence-electron chi connectivity index (χ1n) is 33.4. The number of hydrogen-bond donors (Lipinski definition) is 1. The average Bonchev–Trinajstić information content (AvgIpc) is 0.761. The predicted octanol–water partition coefficient (Wildman–Crippen LogP) is 12.1. The summed E-state index contributed by atoms with van der Waals surface area (Å²) in [7, 11) is 0. The molecule has 20 nitrogen and oxygen atoms in total. The smallest absolute Gasteiger partial charge is 0.338 e. The molecular weight excluding hydrogens is 1420 g/mol. The highest BCUT2D eigenvalue weighted by atomic mass is 127. The maximum atomic E-state index is 15.2. The zero-order chi connectivity index (χ0) is 70.4. The Morgan fingerprint density at radius 2 is 0.608 bits per heavy atom. The maximum absolute atomic E-state index is 15.2. The molecule has 9 aromatic carbocycles. The van der Waals surface area contributed by atoms with Gasteiger partial charge in [0.1, 0.15) is 49.3 Å². The highest BCUT2D eigenvalue weighted by Gasteiger charge is 2.59. The SMILES string of the molecule is O=C(OC[C@H]1O[C@@H](O)[C@H](OC(=O)c2ccccc2)[C@@H](OC(=O)c2ccccc2)[C@@H]1O[C@@H]1O[C@H](CI)[C@H](O[C@H]2O[C@H](COCc3ccccc3)[C@H](OCc3ccccc3)[C@H](OCc3ccccc3)[C@H]2OCc2ccccc2)[C@H](OC(=O)c2ccccc2)[C@H]1OC(=O)c1ccccc1)c1ccccc1. The van der Waals surface area contributed by atoms with Crippen molar-refractivity contribution in [1.29, 1.82) is 0 Å². The topological polar surface area (TPSA) is 235 Å². The van der Waals surface area contributed by atoms with Gasteiger partial charge in [0.25, 0.3) is 0 Å². The van der Waals surface area contributed by atoms with Crippen LogP contribution in [0.2, 0.25) is 0 Å². The van der Waals surface area contributed by atoms with Gasteiger partial charge in [0.2, 0.25) is 0 Å². The number of esters is 5. The summed E-state index contributed by atoms with van der Waals surface area (Å²) in [5.41, 5.74) is 3.78. The fraction of sp³-hybridized carbons (Fsp3) is 0.272. The molecule has 0 amide bonds. The Morgan fingerprint density at radius 3 is 1.02 bits per heavy atom. The second-order valence-electron chi connectivity index (χ2n) is 24.2. The van der Waals surface area contributed by atoms with Crippen LogP contribution < -0.4 is 0 Å². The Labute approximate surface area is 603 Å². The molecular formula is C81H75IO20. The summed E-state index contributed by atoms with van der Waals surface area (Å²) in [6, 6.07) is 78.3. The first kappa shape index (κ1) is 72.4. The molecule has 102 heavy (non-hydrogen) atoms. The van der Waals surface area contributed by atoms with E-state index in [1.165, 1.54) is 48.5 Å². The van der Waals surface area contributed by atoms with Crippen molar-refractivity contribution in [1.82, 2.24) is 0 Å². The largest absolute Gasteiger partial charge is 0.459 e. The molecule has 12 rings (SSSR count). The molecule has 9 aromatic rings. The van der Waals surface area contributed by atoms with Crippen LogP contribution in [0.1, 0.15) is 74.0 Å². The van der Waals surface area contributed by atoms with Gasteiger partial charge in [0.05, 0.1) is 67.0 Å². The van der Waals surface area contributed by atoms with Crippen LogP contribution in [0.25, 0.3) is 0 Å². The minimum absolute atomic E-state index is 0.00861. The zero-order valence-electron chi connectivity index (χ0n) is 55.2. The zero-order valence-corrected chi connectivity index (χ0v) is 57.3. The summed E-state index contributed by atoms with van der Waals surface area (Å²) in [5.74, 6) is -4.58. The lowest BCUT2D eigenvalue weighted by Gasteiger charge is -2.50. The number of carbonyl (C=O) groups is 5. The predicted molar refractivity (Wildman–Crippen MR) is 377 cm³/mol. The van der Waals surface area contributed by atoms with Gasteiger partial charge in [-0.05, 0) is 82.9 Å². The van der Waals surface area contributed by atoms with Crippen molar-refractivity contribution >= 4 is 52.4 Å². The number of halogens is 1. The Morgan fingerprint density at radius 1 is 0.304 bits per heavy atom. The first-order chi connectivity index (χ1) is 50.0. The van der Waals surface area contributed by atoms with Crippen LogP contribution >= 0.6 is 22.6 Å². The van der Waals surface area contributed by atoms with Gasteiger partial charge < -0.3 is 71.4 Å². The summed E-state index contributed by atoms with van der Waals surface area (Å²) in [5, 5.41) is 12.2. The Hall–Kier alpha value is -9.34. The van der Waals surface area contributed by atoms with Crippen molar-refractivity contribution in [2.45, 2.75) is 119 Å². The fourth-order valence-electron chi connectivity index (χ4n) is 12.0. The number of hydrogen-bond acceptors (Lipinski definition) is 20. The molecule has 0 unspecified atom stereocenters. The molecule has 15 atom stereocenters. The molecule has 3 aliphatic rings. The minimum atomic E-state index is -2.09. The van der Waals surface area contributed by atoms with Gasteiger partial charge >= 0.3 is 29.8 Å². The van der Waals surface area contributed by atoms with E-state index in [-0.39, 0.29) is 65.3 Å². The van der Waals surface area contributed by atoms with Crippen LogP contribution in [0.15, 0.2) is 273 Å². The van der Waals surface area contributed by atoms with Crippen molar-refractivity contribution in [3.8, 4) is 0 Å². The Kier molecular flexibility index (Phi) is 25.9. The van der Waals surface area contributed by atoms with E-state index >= 15 is 9.59 Å². The van der Waals surface area contributed by atoms with Crippen LogP contribution in [-0.2, 0) is 92.7 Å². The maximum Gasteiger partial charge on any atom is 0.338 e. The van der Waals surface area contributed by atoms with Gasteiger partial charge in [0, 0.05) is 4.43 Å². The lowest BCUT2D eigenvalue weighted by molar-refractivity contribution is -0.378. The molecule has 526 valence electrons. The van der Waals surface area contributed by atoms with Crippen molar-refractivity contribution in [3.63, 3.8) is 0 Å². The summed E-state index contributed by atoms with van der Waals surface area (Å²) < 4.78 is 94.8. The minimum Gasteiger partial charge on any atom is -0.459 e. The number of ether oxygens (including phenoxy) is 14.